The highest BCUT2D eigenvalue weighted by atomic mass is 16.6. The maximum absolute atomic E-state index is 13.6. The zero-order valence-corrected chi connectivity index (χ0v) is 45.4. The van der Waals surface area contributed by atoms with E-state index in [1.165, 1.54) is 66.8 Å². The summed E-state index contributed by atoms with van der Waals surface area (Å²) in [7, 11) is 0. The summed E-state index contributed by atoms with van der Waals surface area (Å²) in [6, 6.07) is 11.4. The molecular weight excluding hydrogens is 1010 g/mol. The summed E-state index contributed by atoms with van der Waals surface area (Å²) >= 11 is 0. The number of hydrogen-bond donors (Lipinski definition) is 3. The maximum atomic E-state index is 13.6. The fourth-order valence-corrected chi connectivity index (χ4v) is 6.63. The molecule has 0 spiro atoms. The molecule has 0 aliphatic rings. The Labute approximate surface area is 455 Å². The van der Waals surface area contributed by atoms with Crippen LogP contribution in [0, 0.1) is 10.1 Å². The molecule has 0 saturated carbocycles. The van der Waals surface area contributed by atoms with E-state index in [1.54, 1.807) is 39.8 Å². The molecule has 4 N–H and O–H groups in total. The molecule has 78 heavy (non-hydrogen) atoms. The number of nitrogen functional groups attached to an aromatic ring is 1. The Morgan fingerprint density at radius 2 is 0.769 bits per heavy atom. The molecule has 20 heteroatoms. The van der Waals surface area contributed by atoms with Crippen LogP contribution in [0.5, 0.6) is 46.0 Å². The van der Waals surface area contributed by atoms with Gasteiger partial charge in [0.1, 0.15) is 50.8 Å². The highest BCUT2D eigenvalue weighted by molar-refractivity contribution is 6.10. The zero-order chi connectivity index (χ0) is 58.1. The van der Waals surface area contributed by atoms with Gasteiger partial charge in [0.15, 0.2) is 40.2 Å². The van der Waals surface area contributed by atoms with E-state index in [4.69, 9.17) is 53.1 Å². The summed E-state index contributed by atoms with van der Waals surface area (Å²) in [5.74, 6) is -2.04. The van der Waals surface area contributed by atoms with E-state index in [9.17, 15) is 29.3 Å². The number of carbonyl (C=O) groups is 4. The SMILES string of the molecule is C=CCOC(=O)c1ccc(NC(=O)c2ccc(N)c(OC(C)C)c2OCC=C)c(OC(C)C)c1OCC=C.C=CCOC(=O)c1ccc(NC(=O)c2ccc([N+](=O)[O-])c(OC(C)C)c2OCC=C)c(OC(C)C)c1OCC=C. The van der Waals surface area contributed by atoms with E-state index >= 15 is 0 Å². The summed E-state index contributed by atoms with van der Waals surface area (Å²) < 4.78 is 57.0. The standard InChI is InChI=1S/C29H34N2O9.C29H36N2O7/c1-8-15-36-24-20(12-14-23(31(34)35)27(24)40-19(6)7)28(32)30-22-13-11-21(29(33)38-17-10-3)25(37-16-9-2)26(22)39-18(4)5;1-8-15-34-24-20(11-13-22(30)26(24)37-18(4)5)28(32)31-23-14-12-21(29(33)36-17-10-3)25(35-16-9-2)27(23)38-19(6)7/h8-14,18-19H,1-3,15-17H2,4-7H3,(H,30,32);8-14,18-19H,1-3,15-17,30H2,4-7H3,(H,31,32). The number of carbonyl (C=O) groups excluding carboxylic acids is 4. The molecule has 4 rings (SSSR count). The lowest BCUT2D eigenvalue weighted by Crippen LogP contribution is -2.19. The van der Waals surface area contributed by atoms with Crippen LogP contribution in [0.1, 0.15) is 96.8 Å². The van der Waals surface area contributed by atoms with Crippen molar-refractivity contribution in [2.45, 2.75) is 79.8 Å². The second-order valence-corrected chi connectivity index (χ2v) is 17.3. The first-order valence-corrected chi connectivity index (χ1v) is 24.6. The third-order valence-electron chi connectivity index (χ3n) is 9.54. The number of nitrogens with one attached hydrogen (secondary N) is 2. The van der Waals surface area contributed by atoms with E-state index in [0.717, 1.165) is 6.07 Å². The van der Waals surface area contributed by atoms with Gasteiger partial charge in [0.2, 0.25) is 5.75 Å². The Hall–Kier alpha value is -9.20. The molecular formula is C58H70N4O16. The van der Waals surface area contributed by atoms with Gasteiger partial charge in [-0.15, -0.1) is 0 Å². The molecule has 20 nitrogen and oxygen atoms in total. The number of amides is 2. The predicted molar refractivity (Wildman–Crippen MR) is 300 cm³/mol. The van der Waals surface area contributed by atoms with Crippen molar-refractivity contribution in [3.8, 4) is 46.0 Å². The monoisotopic (exact) mass is 1080 g/mol. The van der Waals surface area contributed by atoms with Gasteiger partial charge in [-0.2, -0.15) is 0 Å². The van der Waals surface area contributed by atoms with Crippen molar-refractivity contribution in [2.24, 2.45) is 0 Å². The van der Waals surface area contributed by atoms with Crippen molar-refractivity contribution >= 4 is 46.5 Å². The average molecular weight is 1080 g/mol. The lowest BCUT2D eigenvalue weighted by Gasteiger charge is -2.22. The van der Waals surface area contributed by atoms with Crippen LogP contribution in [0.4, 0.5) is 22.7 Å². The lowest BCUT2D eigenvalue weighted by atomic mass is 10.1. The number of nitrogens with zero attached hydrogens (tertiary/aromatic N) is 1. The van der Waals surface area contributed by atoms with Crippen molar-refractivity contribution in [3.05, 3.63) is 157 Å². The minimum atomic E-state index is -0.687. The summed E-state index contributed by atoms with van der Waals surface area (Å²) in [6.07, 6.45) is 7.51. The first-order valence-electron chi connectivity index (χ1n) is 24.6. The Bertz CT molecular complexity index is 2820. The summed E-state index contributed by atoms with van der Waals surface area (Å²) in [5, 5.41) is 17.3. The molecule has 0 bridgehead atoms. The average Bonchev–Trinajstić information content (AvgIpc) is 3.46. The second kappa shape index (κ2) is 31.6. The van der Waals surface area contributed by atoms with E-state index in [2.05, 4.69) is 50.1 Å². The van der Waals surface area contributed by atoms with Gasteiger partial charge >= 0.3 is 17.6 Å². The zero-order valence-electron chi connectivity index (χ0n) is 45.4. The molecule has 0 fully saturated rings. The van der Waals surface area contributed by atoms with Crippen LogP contribution in [0.3, 0.4) is 0 Å². The number of nitro benzene ring substituents is 1. The normalized spacial score (nSPS) is 10.5. The maximum Gasteiger partial charge on any atom is 0.342 e. The first-order chi connectivity index (χ1) is 37.2. The topological polar surface area (TPSA) is 254 Å². The van der Waals surface area contributed by atoms with Crippen molar-refractivity contribution in [1.29, 1.82) is 0 Å². The Kier molecular flexibility index (Phi) is 25.6. The van der Waals surface area contributed by atoms with Crippen LogP contribution in [-0.2, 0) is 9.47 Å². The number of esters is 2. The minimum Gasteiger partial charge on any atom is -0.485 e. The van der Waals surface area contributed by atoms with E-state index in [0.29, 0.717) is 5.69 Å². The number of nitrogens with two attached hydrogens (primary N) is 1. The highest BCUT2D eigenvalue weighted by Crippen LogP contribution is 2.45. The van der Waals surface area contributed by atoms with Gasteiger partial charge in [-0.05, 0) is 97.9 Å². The quantitative estimate of drug-likeness (QED) is 0.0139. The van der Waals surface area contributed by atoms with E-state index < -0.39 is 34.8 Å². The van der Waals surface area contributed by atoms with Crippen LogP contribution in [0.15, 0.2) is 124 Å². The van der Waals surface area contributed by atoms with Gasteiger partial charge in [-0.3, -0.25) is 19.7 Å². The fourth-order valence-electron chi connectivity index (χ4n) is 6.63. The van der Waals surface area contributed by atoms with Gasteiger partial charge in [0.25, 0.3) is 11.8 Å². The van der Waals surface area contributed by atoms with Crippen molar-refractivity contribution in [2.75, 3.05) is 56.0 Å². The highest BCUT2D eigenvalue weighted by Gasteiger charge is 2.31. The van der Waals surface area contributed by atoms with Crippen molar-refractivity contribution in [1.82, 2.24) is 0 Å². The van der Waals surface area contributed by atoms with Crippen molar-refractivity contribution in [3.63, 3.8) is 0 Å². The van der Waals surface area contributed by atoms with Gasteiger partial charge in [0, 0.05) is 6.07 Å². The molecule has 0 radical (unpaired) electrons. The van der Waals surface area contributed by atoms with E-state index in [-0.39, 0.29) is 143 Å². The van der Waals surface area contributed by atoms with Crippen LogP contribution in [0.2, 0.25) is 0 Å². The van der Waals surface area contributed by atoms with Crippen LogP contribution in [0.25, 0.3) is 0 Å². The summed E-state index contributed by atoms with van der Waals surface area (Å²) in [4.78, 5) is 63.6. The van der Waals surface area contributed by atoms with Gasteiger partial charge in [-0.25, -0.2) is 9.59 Å². The molecule has 0 aliphatic carbocycles. The Morgan fingerprint density at radius 1 is 0.462 bits per heavy atom. The lowest BCUT2D eigenvalue weighted by molar-refractivity contribution is -0.386. The van der Waals surface area contributed by atoms with Crippen LogP contribution >= 0.6 is 0 Å². The smallest absolute Gasteiger partial charge is 0.342 e. The molecule has 0 heterocycles. The molecule has 0 unspecified atom stereocenters. The number of nitro groups is 1. The third kappa shape index (κ3) is 18.0. The van der Waals surface area contributed by atoms with Crippen LogP contribution in [-0.4, -0.2) is 92.7 Å². The summed E-state index contributed by atoms with van der Waals surface area (Å²) in [6.45, 7) is 36.1. The molecule has 2 amide bonds. The predicted octanol–water partition coefficient (Wildman–Crippen LogP) is 11.5. The second-order valence-electron chi connectivity index (χ2n) is 17.3. The number of anilines is 3. The number of benzene rings is 4. The molecule has 0 aromatic heterocycles. The van der Waals surface area contributed by atoms with Gasteiger partial charge in [0.05, 0.1) is 57.5 Å². The Balaban J connectivity index is 0.000000411. The van der Waals surface area contributed by atoms with Crippen molar-refractivity contribution < 1.29 is 71.5 Å². The molecule has 418 valence electrons. The molecule has 0 atom stereocenters. The molecule has 0 aliphatic heterocycles. The van der Waals surface area contributed by atoms with E-state index in [1.807, 2.05) is 27.7 Å². The third-order valence-corrected chi connectivity index (χ3v) is 9.54. The number of ether oxygens (including phenoxy) is 10. The fraction of sp³-hybridized carbons (Fsp3) is 0.310. The largest absolute Gasteiger partial charge is 0.485 e. The van der Waals surface area contributed by atoms with Crippen LogP contribution < -0.4 is 54.3 Å². The number of rotatable bonds is 31. The number of hydrogen-bond acceptors (Lipinski definition) is 17. The molecule has 0 saturated heterocycles. The molecule has 4 aromatic carbocycles. The first kappa shape index (κ1) is 63.1. The minimum absolute atomic E-state index is 0.0179. The van der Waals surface area contributed by atoms with Gasteiger partial charge in [-0.1, -0.05) is 75.9 Å². The Morgan fingerprint density at radius 3 is 1.12 bits per heavy atom. The molecule has 4 aromatic rings. The van der Waals surface area contributed by atoms with Gasteiger partial charge < -0.3 is 63.7 Å². The summed E-state index contributed by atoms with van der Waals surface area (Å²) in [5.41, 5.74) is 6.84.